The van der Waals surface area contributed by atoms with E-state index in [2.05, 4.69) is 10.3 Å². The number of carbonyl (C=O) groups is 2. The summed E-state index contributed by atoms with van der Waals surface area (Å²) >= 11 is 6.24. The number of hydrogen-bond acceptors (Lipinski definition) is 7. The Balaban J connectivity index is 1.68. The summed E-state index contributed by atoms with van der Waals surface area (Å²) in [6.07, 6.45) is 4.75. The minimum absolute atomic E-state index is 0.113. The summed E-state index contributed by atoms with van der Waals surface area (Å²) in [5, 5.41) is 3.92. The summed E-state index contributed by atoms with van der Waals surface area (Å²) in [4.78, 5) is 29.4. The molecule has 0 radical (unpaired) electrons. The normalized spacial score (nSPS) is 15.2. The highest BCUT2D eigenvalue weighted by Crippen LogP contribution is 2.34. The number of rotatable bonds is 8. The fourth-order valence-electron chi connectivity index (χ4n) is 3.63. The van der Waals surface area contributed by atoms with Crippen molar-refractivity contribution in [3.63, 3.8) is 0 Å². The minimum atomic E-state index is -0.903. The zero-order valence-corrected chi connectivity index (χ0v) is 20.2. The summed E-state index contributed by atoms with van der Waals surface area (Å²) in [6, 6.07) is 4.28. The molecule has 1 heterocycles. The van der Waals surface area contributed by atoms with E-state index in [4.69, 9.17) is 30.5 Å². The van der Waals surface area contributed by atoms with Gasteiger partial charge in [-0.15, -0.1) is 0 Å². The first-order chi connectivity index (χ1) is 15.7. The topological polar surface area (TPSA) is 96.0 Å². The van der Waals surface area contributed by atoms with E-state index in [0.717, 1.165) is 31.1 Å². The Morgan fingerprint density at radius 2 is 1.94 bits per heavy atom. The van der Waals surface area contributed by atoms with Crippen LogP contribution >= 0.6 is 11.6 Å². The second-order valence-electron chi connectivity index (χ2n) is 8.99. The Kier molecular flexibility index (Phi) is 8.24. The Hall–Kier alpha value is -2.74. The maximum absolute atomic E-state index is 12.8. The third-order valence-corrected chi connectivity index (χ3v) is 5.53. The van der Waals surface area contributed by atoms with Crippen molar-refractivity contribution in [3.8, 4) is 11.5 Å². The van der Waals surface area contributed by atoms with Crippen LogP contribution in [0.5, 0.6) is 11.5 Å². The van der Waals surface area contributed by atoms with E-state index in [-0.39, 0.29) is 19.1 Å². The molecule has 9 heteroatoms. The first-order valence-electron chi connectivity index (χ1n) is 11.1. The molecule has 0 bridgehead atoms. The molecule has 1 saturated carbocycles. The van der Waals surface area contributed by atoms with Gasteiger partial charge in [0.1, 0.15) is 17.7 Å². The number of methoxy groups -OCH3 is 1. The number of aromatic nitrogens is 1. The number of hydrogen-bond donors (Lipinski definition) is 1. The SMILES string of the molecule is COc1cc2c(Cl)ccnc2cc1OCCC(NC(=O)OC(C)(C)C)C(=O)OC1CCCC1. The lowest BCUT2D eigenvalue weighted by atomic mass is 10.2. The van der Waals surface area contributed by atoms with Crippen molar-refractivity contribution in [2.45, 2.75) is 70.6 Å². The quantitative estimate of drug-likeness (QED) is 0.530. The zero-order valence-electron chi connectivity index (χ0n) is 19.5. The van der Waals surface area contributed by atoms with Gasteiger partial charge in [0.25, 0.3) is 0 Å². The van der Waals surface area contributed by atoms with Gasteiger partial charge in [0.15, 0.2) is 11.5 Å². The second-order valence-corrected chi connectivity index (χ2v) is 9.40. The summed E-state index contributed by atoms with van der Waals surface area (Å²) in [5.74, 6) is 0.456. The molecular weight excluding hydrogens is 448 g/mol. The fourth-order valence-corrected chi connectivity index (χ4v) is 3.84. The second kappa shape index (κ2) is 10.9. The largest absolute Gasteiger partial charge is 0.493 e. The van der Waals surface area contributed by atoms with Crippen LogP contribution in [-0.4, -0.2) is 48.5 Å². The van der Waals surface area contributed by atoms with Gasteiger partial charge in [0.05, 0.1) is 24.3 Å². The fraction of sp³-hybridized carbons (Fsp3) is 0.542. The van der Waals surface area contributed by atoms with E-state index in [1.165, 1.54) is 7.11 Å². The number of ether oxygens (including phenoxy) is 4. The van der Waals surface area contributed by atoms with Gasteiger partial charge >= 0.3 is 12.1 Å². The van der Waals surface area contributed by atoms with Crippen molar-refractivity contribution in [1.82, 2.24) is 10.3 Å². The van der Waals surface area contributed by atoms with Gasteiger partial charge in [-0.3, -0.25) is 4.98 Å². The smallest absolute Gasteiger partial charge is 0.408 e. The molecule has 33 heavy (non-hydrogen) atoms. The highest BCUT2D eigenvalue weighted by molar-refractivity contribution is 6.35. The van der Waals surface area contributed by atoms with Crippen LogP contribution in [0.4, 0.5) is 4.79 Å². The molecule has 1 aliphatic carbocycles. The number of fused-ring (bicyclic) bond motifs is 1. The highest BCUT2D eigenvalue weighted by atomic mass is 35.5. The molecule has 1 amide bonds. The standard InChI is InChI=1S/C24H31ClN2O6/c1-24(2,3)33-23(29)27-18(22(28)32-15-7-5-6-8-15)10-12-31-21-14-19-16(13-20(21)30-4)17(25)9-11-26-19/h9,11,13-15,18H,5-8,10,12H2,1-4H3,(H,27,29). The molecule has 3 rings (SSSR count). The first kappa shape index (κ1) is 24.9. The minimum Gasteiger partial charge on any atom is -0.493 e. The van der Waals surface area contributed by atoms with Gasteiger partial charge in [0, 0.05) is 24.1 Å². The van der Waals surface area contributed by atoms with Gasteiger partial charge in [-0.2, -0.15) is 0 Å². The van der Waals surface area contributed by atoms with Crippen LogP contribution < -0.4 is 14.8 Å². The zero-order chi connectivity index (χ0) is 24.0. The van der Waals surface area contributed by atoms with Crippen molar-refractivity contribution in [2.75, 3.05) is 13.7 Å². The summed E-state index contributed by atoms with van der Waals surface area (Å²) in [7, 11) is 1.53. The Morgan fingerprint density at radius 1 is 1.21 bits per heavy atom. The lowest BCUT2D eigenvalue weighted by molar-refractivity contribution is -0.151. The Morgan fingerprint density at radius 3 is 2.61 bits per heavy atom. The molecule has 0 spiro atoms. The van der Waals surface area contributed by atoms with E-state index >= 15 is 0 Å². The summed E-state index contributed by atoms with van der Waals surface area (Å²) in [5.41, 5.74) is -0.0323. The molecule has 8 nitrogen and oxygen atoms in total. The third kappa shape index (κ3) is 7.12. The van der Waals surface area contributed by atoms with Crippen molar-refractivity contribution < 1.29 is 28.5 Å². The van der Waals surface area contributed by atoms with Crippen LogP contribution in [0.3, 0.4) is 0 Å². The molecule has 1 aliphatic rings. The van der Waals surface area contributed by atoms with Crippen molar-refractivity contribution in [1.29, 1.82) is 0 Å². The maximum Gasteiger partial charge on any atom is 0.408 e. The molecule has 180 valence electrons. The van der Waals surface area contributed by atoms with Crippen LogP contribution in [0.25, 0.3) is 10.9 Å². The Bertz CT molecular complexity index is 985. The predicted molar refractivity (Wildman–Crippen MR) is 125 cm³/mol. The molecule has 0 saturated heterocycles. The average Bonchev–Trinajstić information content (AvgIpc) is 3.24. The number of alkyl carbamates (subject to hydrolysis) is 1. The van der Waals surface area contributed by atoms with Crippen molar-refractivity contribution in [2.24, 2.45) is 0 Å². The van der Waals surface area contributed by atoms with Gasteiger partial charge in [-0.1, -0.05) is 11.6 Å². The molecule has 1 N–H and O–H groups in total. The van der Waals surface area contributed by atoms with Gasteiger partial charge in [0.2, 0.25) is 0 Å². The number of benzene rings is 1. The Labute approximate surface area is 198 Å². The van der Waals surface area contributed by atoms with Crippen LogP contribution in [0.15, 0.2) is 24.4 Å². The molecule has 1 aromatic carbocycles. The molecular formula is C24H31ClN2O6. The number of nitrogens with zero attached hydrogens (tertiary/aromatic N) is 1. The average molecular weight is 479 g/mol. The maximum atomic E-state index is 12.8. The predicted octanol–water partition coefficient (Wildman–Crippen LogP) is 5.04. The van der Waals surface area contributed by atoms with E-state index in [1.54, 1.807) is 45.2 Å². The van der Waals surface area contributed by atoms with Crippen molar-refractivity contribution in [3.05, 3.63) is 29.4 Å². The number of halogens is 1. The molecule has 1 unspecified atom stereocenters. The monoisotopic (exact) mass is 478 g/mol. The summed E-state index contributed by atoms with van der Waals surface area (Å²) < 4.78 is 22.2. The van der Waals surface area contributed by atoms with Gasteiger partial charge in [-0.05, 0) is 58.6 Å². The van der Waals surface area contributed by atoms with E-state index in [0.29, 0.717) is 22.0 Å². The molecule has 2 aromatic rings. The van der Waals surface area contributed by atoms with E-state index < -0.39 is 23.7 Å². The number of esters is 1. The highest BCUT2D eigenvalue weighted by Gasteiger charge is 2.29. The molecule has 1 atom stereocenters. The molecule has 1 fully saturated rings. The van der Waals surface area contributed by atoms with Crippen LogP contribution in [0.1, 0.15) is 52.9 Å². The summed E-state index contributed by atoms with van der Waals surface area (Å²) in [6.45, 7) is 5.40. The molecule has 0 aliphatic heterocycles. The van der Waals surface area contributed by atoms with Gasteiger partial charge in [-0.25, -0.2) is 9.59 Å². The van der Waals surface area contributed by atoms with Crippen LogP contribution in [-0.2, 0) is 14.3 Å². The van der Waals surface area contributed by atoms with Gasteiger partial charge < -0.3 is 24.3 Å². The number of pyridine rings is 1. The lowest BCUT2D eigenvalue weighted by Gasteiger charge is -2.24. The van der Waals surface area contributed by atoms with E-state index in [1.807, 2.05) is 0 Å². The lowest BCUT2D eigenvalue weighted by Crippen LogP contribution is -2.45. The first-order valence-corrected chi connectivity index (χ1v) is 11.5. The van der Waals surface area contributed by atoms with E-state index in [9.17, 15) is 9.59 Å². The van der Waals surface area contributed by atoms with Crippen molar-refractivity contribution >= 4 is 34.6 Å². The third-order valence-electron chi connectivity index (χ3n) is 5.20. The number of carbonyl (C=O) groups excluding carboxylic acids is 2. The van der Waals surface area contributed by atoms with Crippen LogP contribution in [0.2, 0.25) is 5.02 Å². The van der Waals surface area contributed by atoms with Crippen LogP contribution in [0, 0.1) is 0 Å². The number of nitrogens with one attached hydrogen (secondary N) is 1. The number of amides is 1. The molecule has 1 aromatic heterocycles.